The number of hydrogen-bond acceptors (Lipinski definition) is 7. The minimum absolute atomic E-state index is 0.382. The maximum Gasteiger partial charge on any atom is 0.256 e. The number of nitrogens with zero attached hydrogens (tertiary/aromatic N) is 7. The van der Waals surface area contributed by atoms with Crippen LogP contribution in [0, 0.1) is 20.8 Å². The second kappa shape index (κ2) is 23.0. The second-order valence-electron chi connectivity index (χ2n) is 25.1. The fourth-order valence-electron chi connectivity index (χ4n) is 14.9. The van der Waals surface area contributed by atoms with Crippen molar-refractivity contribution in [2.45, 2.75) is 20.8 Å². The van der Waals surface area contributed by atoms with E-state index < -0.39 is 0 Å². The van der Waals surface area contributed by atoms with Gasteiger partial charge in [0.2, 0.25) is 0 Å². The number of ether oxygens (including phenoxy) is 1. The molecule has 0 saturated carbocycles. The number of rotatable bonds is 11. The predicted octanol–water partition coefficient (Wildman–Crippen LogP) is 19.4. The molecule has 8 nitrogen and oxygen atoms in total. The van der Waals surface area contributed by atoms with Crippen LogP contribution in [0.15, 0.2) is 297 Å². The van der Waals surface area contributed by atoms with Crippen molar-refractivity contribution in [2.24, 2.45) is 0 Å². The Labute approximate surface area is 556 Å². The topological polar surface area (TPSA) is 91.5 Å². The summed E-state index contributed by atoms with van der Waals surface area (Å²) < 4.78 is 10.4. The summed E-state index contributed by atoms with van der Waals surface area (Å²) in [4.78, 5) is 31.9. The van der Waals surface area contributed by atoms with Crippen LogP contribution in [0.4, 0.5) is 0 Å². The van der Waals surface area contributed by atoms with Gasteiger partial charge in [0.1, 0.15) is 11.5 Å². The van der Waals surface area contributed by atoms with E-state index in [-0.39, 0.29) is 6.71 Å². The van der Waals surface area contributed by atoms with E-state index in [4.69, 9.17) is 34.6 Å². The van der Waals surface area contributed by atoms with Gasteiger partial charge in [0, 0.05) is 60.9 Å². The first-order valence-electron chi connectivity index (χ1n) is 32.6. The lowest BCUT2D eigenvalue weighted by Crippen LogP contribution is -2.58. The smallest absolute Gasteiger partial charge is 0.256 e. The zero-order valence-corrected chi connectivity index (χ0v) is 52.9. The van der Waals surface area contributed by atoms with Gasteiger partial charge in [-0.15, -0.1) is 0 Å². The predicted molar refractivity (Wildman–Crippen MR) is 393 cm³/mol. The zero-order valence-electron chi connectivity index (χ0n) is 52.9. The van der Waals surface area contributed by atoms with Crippen LogP contribution in [-0.4, -0.2) is 41.2 Å². The molecule has 0 atom stereocenters. The molecular formula is C87H58BN7O. The monoisotopic (exact) mass is 1230 g/mol. The molecule has 13 aromatic carbocycles. The Hall–Kier alpha value is -12.5. The molecule has 0 N–H and O–H groups in total. The molecule has 2 aliphatic rings. The van der Waals surface area contributed by atoms with Crippen molar-refractivity contribution >= 4 is 44.9 Å². The third kappa shape index (κ3) is 9.62. The summed E-state index contributed by atoms with van der Waals surface area (Å²) in [5, 5.41) is 2.04. The van der Waals surface area contributed by atoms with Crippen LogP contribution in [0.1, 0.15) is 16.7 Å². The molecule has 18 rings (SSSR count). The van der Waals surface area contributed by atoms with Gasteiger partial charge in [0.25, 0.3) is 6.71 Å². The number of hydrogen-bond donors (Lipinski definition) is 0. The van der Waals surface area contributed by atoms with E-state index in [1.807, 2.05) is 72.8 Å². The molecule has 0 radical (unpaired) electrons. The van der Waals surface area contributed by atoms with Gasteiger partial charge in [-0.25, -0.2) is 29.9 Å². The Bertz CT molecular complexity index is 5630. The Kier molecular flexibility index (Phi) is 13.5. The summed E-state index contributed by atoms with van der Waals surface area (Å²) in [6.07, 6.45) is 0. The average Bonchev–Trinajstić information content (AvgIpc) is 1.64. The van der Waals surface area contributed by atoms with Gasteiger partial charge in [-0.2, -0.15) is 0 Å². The Balaban J connectivity index is 0.979. The lowest BCUT2D eigenvalue weighted by Gasteiger charge is -2.35. The molecule has 0 saturated heterocycles. The van der Waals surface area contributed by atoms with Crippen LogP contribution in [0.2, 0.25) is 0 Å². The molecule has 0 unspecified atom stereocenters. The van der Waals surface area contributed by atoms with Crippen LogP contribution in [0.3, 0.4) is 0 Å². The van der Waals surface area contributed by atoms with Gasteiger partial charge < -0.3 is 9.30 Å². The van der Waals surface area contributed by atoms with E-state index in [0.717, 1.165) is 139 Å². The van der Waals surface area contributed by atoms with Crippen LogP contribution < -0.4 is 21.1 Å². The van der Waals surface area contributed by atoms with Crippen LogP contribution >= 0.6 is 0 Å². The number of aromatic nitrogens is 7. The summed E-state index contributed by atoms with van der Waals surface area (Å²) in [6, 6.07) is 105. The van der Waals surface area contributed by atoms with E-state index in [1.54, 1.807) is 0 Å². The molecular weight excluding hydrogens is 1170 g/mol. The molecule has 0 aliphatic carbocycles. The van der Waals surface area contributed by atoms with Crippen molar-refractivity contribution in [2.75, 3.05) is 0 Å². The molecule has 0 spiro atoms. The zero-order chi connectivity index (χ0) is 64.0. The van der Waals surface area contributed by atoms with E-state index >= 15 is 0 Å². The van der Waals surface area contributed by atoms with Gasteiger partial charge in [-0.1, -0.05) is 260 Å². The SMILES string of the molecule is Cc1cc(C)c(-c2cc3c4c(c2)-n2c5ccc(-c6nc(-c7ccccc7)nc(-c7ccccc7)n6)cc5c5cc(-c6nc(-c7ccccc7)nc(-c7ccccc7)n6)cc(c52)B4c2cc(-c4ccccc4-c4ccccc4)cc(-c4ccccc4-c4ccccc4)c2O3)c(C)c1. The summed E-state index contributed by atoms with van der Waals surface area (Å²) >= 11 is 0. The quantitative estimate of drug-likeness (QED) is 0.119. The normalized spacial score (nSPS) is 12.0. The third-order valence-electron chi connectivity index (χ3n) is 19.0. The average molecular weight is 1230 g/mol. The highest BCUT2D eigenvalue weighted by atomic mass is 16.5. The van der Waals surface area contributed by atoms with Crippen molar-refractivity contribution in [1.82, 2.24) is 34.5 Å². The Morgan fingerprint density at radius 1 is 0.302 bits per heavy atom. The summed E-state index contributed by atoms with van der Waals surface area (Å²) in [5.74, 6) is 5.06. The van der Waals surface area contributed by atoms with Crippen molar-refractivity contribution in [1.29, 1.82) is 0 Å². The maximum absolute atomic E-state index is 7.92. The van der Waals surface area contributed by atoms with Crippen LogP contribution in [-0.2, 0) is 0 Å². The first-order valence-corrected chi connectivity index (χ1v) is 32.6. The molecule has 9 heteroatoms. The van der Waals surface area contributed by atoms with Gasteiger partial charge >= 0.3 is 0 Å². The van der Waals surface area contributed by atoms with Gasteiger partial charge in [-0.05, 0) is 141 Å². The van der Waals surface area contributed by atoms with Crippen molar-refractivity contribution in [3.63, 3.8) is 0 Å². The van der Waals surface area contributed by atoms with E-state index in [2.05, 4.69) is 250 Å². The fraction of sp³-hybridized carbons (Fsp3) is 0.0345. The first-order chi connectivity index (χ1) is 47.3. The molecule has 450 valence electrons. The Morgan fingerprint density at radius 3 is 1.21 bits per heavy atom. The molecule has 16 aromatic rings. The number of fused-ring (bicyclic) bond motifs is 7. The minimum atomic E-state index is -0.382. The summed E-state index contributed by atoms with van der Waals surface area (Å²) in [6.45, 7) is 6.26. The minimum Gasteiger partial charge on any atom is -0.458 e. The highest BCUT2D eigenvalue weighted by Crippen LogP contribution is 2.48. The van der Waals surface area contributed by atoms with Gasteiger partial charge in [-0.3, -0.25) is 0 Å². The fourth-order valence-corrected chi connectivity index (χ4v) is 14.9. The highest BCUT2D eigenvalue weighted by molar-refractivity contribution is 6.99. The molecule has 0 bridgehead atoms. The van der Waals surface area contributed by atoms with Crippen molar-refractivity contribution < 1.29 is 4.74 Å². The van der Waals surface area contributed by atoms with Crippen molar-refractivity contribution in [3.8, 4) is 141 Å². The molecule has 0 fully saturated rings. The molecule has 5 heterocycles. The third-order valence-corrected chi connectivity index (χ3v) is 19.0. The van der Waals surface area contributed by atoms with E-state index in [0.29, 0.717) is 34.9 Å². The lowest BCUT2D eigenvalue weighted by molar-refractivity contribution is 0.489. The largest absolute Gasteiger partial charge is 0.458 e. The van der Waals surface area contributed by atoms with E-state index in [1.165, 1.54) is 22.3 Å². The second-order valence-corrected chi connectivity index (χ2v) is 25.1. The van der Waals surface area contributed by atoms with Crippen LogP contribution in [0.5, 0.6) is 11.5 Å². The van der Waals surface area contributed by atoms with Gasteiger partial charge in [0.15, 0.2) is 34.9 Å². The molecule has 3 aromatic heterocycles. The van der Waals surface area contributed by atoms with Crippen LogP contribution in [0.25, 0.3) is 151 Å². The van der Waals surface area contributed by atoms with Gasteiger partial charge in [0.05, 0.1) is 5.52 Å². The highest BCUT2D eigenvalue weighted by Gasteiger charge is 2.43. The molecule has 96 heavy (non-hydrogen) atoms. The molecule has 0 amide bonds. The Morgan fingerprint density at radius 2 is 0.708 bits per heavy atom. The van der Waals surface area contributed by atoms with E-state index in [9.17, 15) is 0 Å². The number of aryl methyl sites for hydroxylation is 3. The standard InChI is InChI=1S/C87H58BN7O/c1-53-44-54(2)78(55(3)45-53)64-51-76-79-77(52-64)96-81-72(69-41-25-24-39-67(69)57-28-12-5-13-29-57)47-63(68-40-23-22-38-66(68)56-26-10-4-11-27-56)49-74(81)88(79)73-50-65(87-93-84(60-34-18-8-19-35-60)90-85(94-87)61-36-20-9-21-37-61)48-71-70-46-62(42-43-75(70)95(76)80(71)73)86-91-82(58-30-14-6-15-31-58)89-83(92-86)59-32-16-7-17-33-59/h4-52H,1-3H3. The molecule has 2 aliphatic heterocycles. The first kappa shape index (κ1) is 56.3. The summed E-state index contributed by atoms with van der Waals surface area (Å²) in [7, 11) is 0. The maximum atomic E-state index is 7.92. The number of benzene rings is 13. The summed E-state index contributed by atoms with van der Waals surface area (Å²) in [5.41, 5.74) is 26.2. The lowest BCUT2D eigenvalue weighted by atomic mass is 9.34. The van der Waals surface area contributed by atoms with Crippen molar-refractivity contribution in [3.05, 3.63) is 314 Å².